The van der Waals surface area contributed by atoms with Crippen molar-refractivity contribution in [3.05, 3.63) is 36.8 Å². The van der Waals surface area contributed by atoms with Crippen LogP contribution in [0.5, 0.6) is 0 Å². The fourth-order valence-corrected chi connectivity index (χ4v) is 1.22. The molecule has 2 heterocycles. The summed E-state index contributed by atoms with van der Waals surface area (Å²) in [6, 6.07) is 1.72. The van der Waals surface area contributed by atoms with Crippen LogP contribution in [0.1, 0.15) is 10.4 Å². The van der Waals surface area contributed by atoms with Gasteiger partial charge in [0.2, 0.25) is 0 Å². The van der Waals surface area contributed by atoms with Gasteiger partial charge in [-0.1, -0.05) is 6.08 Å². The number of hydrogen-bond acceptors (Lipinski definition) is 3. The molecular formula is C10H10N4O. The number of fused-ring (bicyclic) bond motifs is 1. The van der Waals surface area contributed by atoms with Crippen molar-refractivity contribution < 1.29 is 4.79 Å². The maximum absolute atomic E-state index is 11.5. The number of carbonyl (C=O) groups is 1. The Morgan fingerprint density at radius 2 is 2.47 bits per heavy atom. The Kier molecular flexibility index (Phi) is 2.45. The van der Waals surface area contributed by atoms with Crippen molar-refractivity contribution in [2.45, 2.75) is 0 Å². The lowest BCUT2D eigenvalue weighted by molar-refractivity contribution is 0.0958. The van der Waals surface area contributed by atoms with E-state index in [2.05, 4.69) is 26.8 Å². The molecule has 5 heteroatoms. The van der Waals surface area contributed by atoms with E-state index in [4.69, 9.17) is 0 Å². The van der Waals surface area contributed by atoms with E-state index in [0.717, 1.165) is 5.52 Å². The number of imidazole rings is 1. The van der Waals surface area contributed by atoms with Crippen LogP contribution >= 0.6 is 0 Å². The first kappa shape index (κ1) is 9.39. The molecule has 2 N–H and O–H groups in total. The fourth-order valence-electron chi connectivity index (χ4n) is 1.22. The molecular weight excluding hydrogens is 192 g/mol. The van der Waals surface area contributed by atoms with Gasteiger partial charge in [0.1, 0.15) is 0 Å². The largest absolute Gasteiger partial charge is 0.349 e. The Hall–Kier alpha value is -2.17. The summed E-state index contributed by atoms with van der Waals surface area (Å²) < 4.78 is 0. The number of aromatic amines is 1. The van der Waals surface area contributed by atoms with Crippen molar-refractivity contribution in [2.24, 2.45) is 0 Å². The van der Waals surface area contributed by atoms with E-state index in [-0.39, 0.29) is 5.91 Å². The predicted molar refractivity (Wildman–Crippen MR) is 56.4 cm³/mol. The van der Waals surface area contributed by atoms with Crippen molar-refractivity contribution in [1.29, 1.82) is 0 Å². The monoisotopic (exact) mass is 202 g/mol. The summed E-state index contributed by atoms with van der Waals surface area (Å²) >= 11 is 0. The van der Waals surface area contributed by atoms with Crippen LogP contribution in [-0.2, 0) is 0 Å². The first-order valence-electron chi connectivity index (χ1n) is 4.49. The van der Waals surface area contributed by atoms with Crippen LogP contribution in [0.4, 0.5) is 0 Å². The lowest BCUT2D eigenvalue weighted by Crippen LogP contribution is -2.23. The lowest BCUT2D eigenvalue weighted by atomic mass is 10.2. The van der Waals surface area contributed by atoms with Crippen LogP contribution < -0.4 is 5.32 Å². The standard InChI is InChI=1S/C10H10N4O/c1-2-3-11-10(15)7-4-8-9(12-5-7)14-6-13-8/h2,4-6H,1,3H2,(H,11,15)(H,12,13,14). The number of hydrogen-bond donors (Lipinski definition) is 2. The molecule has 0 aliphatic rings. The molecule has 0 radical (unpaired) electrons. The van der Waals surface area contributed by atoms with Crippen LogP contribution in [0.2, 0.25) is 0 Å². The van der Waals surface area contributed by atoms with Crippen molar-refractivity contribution in [2.75, 3.05) is 6.54 Å². The quantitative estimate of drug-likeness (QED) is 0.725. The van der Waals surface area contributed by atoms with E-state index in [9.17, 15) is 4.79 Å². The van der Waals surface area contributed by atoms with E-state index in [1.807, 2.05) is 0 Å². The van der Waals surface area contributed by atoms with Gasteiger partial charge in [-0.2, -0.15) is 0 Å². The smallest absolute Gasteiger partial charge is 0.253 e. The second-order valence-electron chi connectivity index (χ2n) is 3.00. The van der Waals surface area contributed by atoms with Gasteiger partial charge in [-0.05, 0) is 6.07 Å². The highest BCUT2D eigenvalue weighted by Gasteiger charge is 2.06. The maximum Gasteiger partial charge on any atom is 0.253 e. The molecule has 2 aromatic rings. The van der Waals surface area contributed by atoms with E-state index >= 15 is 0 Å². The molecule has 0 spiro atoms. The Bertz CT molecular complexity index is 503. The number of nitrogens with zero attached hydrogens (tertiary/aromatic N) is 2. The third-order valence-electron chi connectivity index (χ3n) is 1.94. The molecule has 0 atom stereocenters. The molecule has 15 heavy (non-hydrogen) atoms. The van der Waals surface area contributed by atoms with Crippen LogP contribution in [0.15, 0.2) is 31.2 Å². The topological polar surface area (TPSA) is 70.7 Å². The average Bonchev–Trinajstić information content (AvgIpc) is 2.72. The van der Waals surface area contributed by atoms with Gasteiger partial charge >= 0.3 is 0 Å². The molecule has 76 valence electrons. The minimum Gasteiger partial charge on any atom is -0.349 e. The second kappa shape index (κ2) is 3.91. The summed E-state index contributed by atoms with van der Waals surface area (Å²) in [7, 11) is 0. The molecule has 2 aromatic heterocycles. The first-order valence-corrected chi connectivity index (χ1v) is 4.49. The zero-order valence-corrected chi connectivity index (χ0v) is 8.03. The molecule has 0 fully saturated rings. The maximum atomic E-state index is 11.5. The van der Waals surface area contributed by atoms with Crippen molar-refractivity contribution in [3.8, 4) is 0 Å². The number of rotatable bonds is 3. The zero-order valence-electron chi connectivity index (χ0n) is 8.03. The molecule has 1 amide bonds. The lowest BCUT2D eigenvalue weighted by Gasteiger charge is -2.00. The molecule has 0 aliphatic carbocycles. The number of amides is 1. The normalized spacial score (nSPS) is 10.1. The van der Waals surface area contributed by atoms with Gasteiger partial charge in [0, 0.05) is 12.7 Å². The van der Waals surface area contributed by atoms with Gasteiger partial charge in [-0.3, -0.25) is 4.79 Å². The van der Waals surface area contributed by atoms with Crippen molar-refractivity contribution >= 4 is 17.1 Å². The van der Waals surface area contributed by atoms with Crippen molar-refractivity contribution in [3.63, 3.8) is 0 Å². The minimum absolute atomic E-state index is 0.168. The number of carbonyl (C=O) groups excluding carboxylic acids is 1. The highest BCUT2D eigenvalue weighted by atomic mass is 16.1. The third kappa shape index (κ3) is 1.85. The number of aromatic nitrogens is 3. The molecule has 0 aromatic carbocycles. The third-order valence-corrected chi connectivity index (χ3v) is 1.94. The van der Waals surface area contributed by atoms with Gasteiger partial charge in [0.15, 0.2) is 5.65 Å². The average molecular weight is 202 g/mol. The SMILES string of the molecule is C=CCNC(=O)c1cnc2nc[nH]c2c1. The Morgan fingerprint density at radius 3 is 3.27 bits per heavy atom. The number of nitrogens with one attached hydrogen (secondary N) is 2. The summed E-state index contributed by atoms with van der Waals surface area (Å²) in [5.74, 6) is -0.168. The van der Waals surface area contributed by atoms with Crippen LogP contribution in [0, 0.1) is 0 Å². The van der Waals surface area contributed by atoms with E-state index in [1.54, 1.807) is 18.5 Å². The summed E-state index contributed by atoms with van der Waals surface area (Å²) in [5, 5.41) is 2.67. The predicted octanol–water partition coefficient (Wildman–Crippen LogP) is 0.874. The highest BCUT2D eigenvalue weighted by molar-refractivity contribution is 5.96. The van der Waals surface area contributed by atoms with E-state index < -0.39 is 0 Å². The molecule has 0 bridgehead atoms. The Morgan fingerprint density at radius 1 is 1.60 bits per heavy atom. The minimum atomic E-state index is -0.168. The molecule has 0 saturated heterocycles. The number of H-pyrrole nitrogens is 1. The zero-order chi connectivity index (χ0) is 10.7. The van der Waals surface area contributed by atoms with Crippen LogP contribution in [-0.4, -0.2) is 27.4 Å². The van der Waals surface area contributed by atoms with Crippen molar-refractivity contribution in [1.82, 2.24) is 20.3 Å². The molecule has 0 saturated carbocycles. The summed E-state index contributed by atoms with van der Waals surface area (Å²) in [4.78, 5) is 22.4. The highest BCUT2D eigenvalue weighted by Crippen LogP contribution is 2.07. The Labute approximate surface area is 86.2 Å². The van der Waals surface area contributed by atoms with E-state index in [0.29, 0.717) is 17.8 Å². The van der Waals surface area contributed by atoms with Gasteiger partial charge in [-0.25, -0.2) is 9.97 Å². The number of pyridine rings is 1. The van der Waals surface area contributed by atoms with Gasteiger partial charge < -0.3 is 10.3 Å². The fraction of sp³-hybridized carbons (Fsp3) is 0.100. The van der Waals surface area contributed by atoms with Crippen LogP contribution in [0.25, 0.3) is 11.2 Å². The van der Waals surface area contributed by atoms with Gasteiger partial charge in [0.05, 0.1) is 17.4 Å². The molecule has 2 rings (SSSR count). The Balaban J connectivity index is 2.27. The molecule has 0 unspecified atom stereocenters. The van der Waals surface area contributed by atoms with E-state index in [1.165, 1.54) is 6.20 Å². The summed E-state index contributed by atoms with van der Waals surface area (Å²) in [6.45, 7) is 3.97. The summed E-state index contributed by atoms with van der Waals surface area (Å²) in [5.41, 5.74) is 1.87. The molecule has 0 aliphatic heterocycles. The second-order valence-corrected chi connectivity index (χ2v) is 3.00. The van der Waals surface area contributed by atoms with Gasteiger partial charge in [0.25, 0.3) is 5.91 Å². The molecule has 5 nitrogen and oxygen atoms in total. The van der Waals surface area contributed by atoms with Crippen LogP contribution in [0.3, 0.4) is 0 Å². The van der Waals surface area contributed by atoms with Gasteiger partial charge in [-0.15, -0.1) is 6.58 Å². The first-order chi connectivity index (χ1) is 7.31. The summed E-state index contributed by atoms with van der Waals surface area (Å²) in [6.07, 6.45) is 4.67.